The lowest BCUT2D eigenvalue weighted by atomic mass is 9.96. The molecule has 1 N–H and O–H groups in total. The zero-order chi connectivity index (χ0) is 15.6. The van der Waals surface area contributed by atoms with Crippen LogP contribution in [0, 0.1) is 5.82 Å². The Kier molecular flexibility index (Phi) is 4.68. The molecule has 1 nitrogen and oxygen atoms in total. The van der Waals surface area contributed by atoms with E-state index in [1.54, 1.807) is 31.3 Å². The molecule has 1 unspecified atom stereocenters. The van der Waals surface area contributed by atoms with Gasteiger partial charge in [-0.15, -0.1) is 0 Å². The SMILES string of the molecule is CNC(c1ccc(Br)cc1)c1cc(C(F)(F)F)ccc1F. The van der Waals surface area contributed by atoms with Crippen molar-refractivity contribution in [2.24, 2.45) is 0 Å². The highest BCUT2D eigenvalue weighted by Gasteiger charge is 2.32. The van der Waals surface area contributed by atoms with Gasteiger partial charge in [0.15, 0.2) is 0 Å². The number of hydrogen-bond acceptors (Lipinski definition) is 1. The minimum atomic E-state index is -4.50. The third kappa shape index (κ3) is 3.63. The number of hydrogen-bond donors (Lipinski definition) is 1. The van der Waals surface area contributed by atoms with Gasteiger partial charge >= 0.3 is 6.18 Å². The van der Waals surface area contributed by atoms with Crippen LogP contribution in [0.1, 0.15) is 22.7 Å². The zero-order valence-electron chi connectivity index (χ0n) is 11.0. The van der Waals surface area contributed by atoms with Crippen molar-refractivity contribution in [2.45, 2.75) is 12.2 Å². The summed E-state index contributed by atoms with van der Waals surface area (Å²) in [4.78, 5) is 0. The summed E-state index contributed by atoms with van der Waals surface area (Å²) in [5.41, 5.74) is -0.218. The largest absolute Gasteiger partial charge is 0.416 e. The van der Waals surface area contributed by atoms with Crippen LogP contribution in [0.4, 0.5) is 17.6 Å². The van der Waals surface area contributed by atoms with Crippen molar-refractivity contribution in [1.29, 1.82) is 0 Å². The molecular weight excluding hydrogens is 350 g/mol. The van der Waals surface area contributed by atoms with Crippen LogP contribution in [0.2, 0.25) is 0 Å². The highest BCUT2D eigenvalue weighted by atomic mass is 79.9. The summed E-state index contributed by atoms with van der Waals surface area (Å²) in [5, 5.41) is 2.85. The van der Waals surface area contributed by atoms with Crippen LogP contribution in [0.5, 0.6) is 0 Å². The molecule has 0 fully saturated rings. The van der Waals surface area contributed by atoms with Crippen molar-refractivity contribution in [2.75, 3.05) is 7.05 Å². The number of halogens is 5. The molecule has 21 heavy (non-hydrogen) atoms. The van der Waals surface area contributed by atoms with Crippen LogP contribution in [-0.2, 0) is 6.18 Å². The van der Waals surface area contributed by atoms with E-state index in [1.165, 1.54) is 0 Å². The summed E-state index contributed by atoms with van der Waals surface area (Å²) in [6.07, 6.45) is -4.50. The van der Waals surface area contributed by atoms with E-state index in [-0.39, 0.29) is 5.56 Å². The highest BCUT2D eigenvalue weighted by Crippen LogP contribution is 2.33. The number of nitrogens with one attached hydrogen (secondary N) is 1. The van der Waals surface area contributed by atoms with Crippen LogP contribution in [0.15, 0.2) is 46.9 Å². The second-order valence-electron chi connectivity index (χ2n) is 4.51. The molecule has 0 aliphatic rings. The molecule has 0 saturated heterocycles. The first-order valence-electron chi connectivity index (χ1n) is 6.12. The van der Waals surface area contributed by atoms with E-state index < -0.39 is 23.6 Å². The molecule has 1 atom stereocenters. The first kappa shape index (κ1) is 16.0. The van der Waals surface area contributed by atoms with Crippen molar-refractivity contribution >= 4 is 15.9 Å². The van der Waals surface area contributed by atoms with Gasteiger partial charge in [-0.2, -0.15) is 13.2 Å². The molecule has 2 aromatic carbocycles. The fourth-order valence-corrected chi connectivity index (χ4v) is 2.36. The van der Waals surface area contributed by atoms with Crippen LogP contribution in [0.25, 0.3) is 0 Å². The van der Waals surface area contributed by atoms with Gasteiger partial charge in [0.05, 0.1) is 11.6 Å². The molecule has 0 saturated carbocycles. The Labute approximate surface area is 128 Å². The number of benzene rings is 2. The third-order valence-electron chi connectivity index (χ3n) is 3.13. The normalized spacial score (nSPS) is 13.2. The Morgan fingerprint density at radius 2 is 1.67 bits per heavy atom. The van der Waals surface area contributed by atoms with Crippen molar-refractivity contribution in [3.63, 3.8) is 0 Å². The fourth-order valence-electron chi connectivity index (χ4n) is 2.10. The summed E-state index contributed by atoms with van der Waals surface area (Å²) in [7, 11) is 1.58. The minimum absolute atomic E-state index is 0.0327. The van der Waals surface area contributed by atoms with Crippen molar-refractivity contribution in [1.82, 2.24) is 5.32 Å². The predicted octanol–water partition coefficient (Wildman–Crippen LogP) is 4.92. The third-order valence-corrected chi connectivity index (χ3v) is 3.66. The van der Waals surface area contributed by atoms with Crippen molar-refractivity contribution < 1.29 is 17.6 Å². The molecule has 0 heterocycles. The molecule has 6 heteroatoms. The topological polar surface area (TPSA) is 12.0 Å². The van der Waals surface area contributed by atoms with Gasteiger partial charge in [-0.25, -0.2) is 4.39 Å². The Hall–Kier alpha value is -1.40. The Morgan fingerprint density at radius 3 is 2.19 bits per heavy atom. The maximum Gasteiger partial charge on any atom is 0.416 e. The van der Waals surface area contributed by atoms with E-state index in [2.05, 4.69) is 21.2 Å². The maximum atomic E-state index is 13.9. The minimum Gasteiger partial charge on any atom is -0.309 e. The van der Waals surface area contributed by atoms with Gasteiger partial charge in [-0.3, -0.25) is 0 Å². The standard InChI is InChI=1S/C15H12BrF4N/c1-21-14(9-2-5-11(16)6-3-9)12-8-10(15(18,19)20)4-7-13(12)17/h2-8,14,21H,1H3. The second-order valence-corrected chi connectivity index (χ2v) is 5.42. The van der Waals surface area contributed by atoms with E-state index in [4.69, 9.17) is 0 Å². The van der Waals surface area contributed by atoms with E-state index in [9.17, 15) is 17.6 Å². The molecule has 0 radical (unpaired) electrons. The Morgan fingerprint density at radius 1 is 1.05 bits per heavy atom. The van der Waals surface area contributed by atoms with Gasteiger partial charge in [0.25, 0.3) is 0 Å². The van der Waals surface area contributed by atoms with Gasteiger partial charge in [-0.1, -0.05) is 28.1 Å². The molecule has 2 aromatic rings. The summed E-state index contributed by atoms with van der Waals surface area (Å²) in [6.45, 7) is 0. The summed E-state index contributed by atoms with van der Waals surface area (Å²) in [6, 6.07) is 8.75. The second kappa shape index (κ2) is 6.15. The molecule has 0 aliphatic carbocycles. The van der Waals surface area contributed by atoms with Gasteiger partial charge in [0, 0.05) is 10.0 Å². The zero-order valence-corrected chi connectivity index (χ0v) is 12.6. The molecule has 2 rings (SSSR count). The highest BCUT2D eigenvalue weighted by molar-refractivity contribution is 9.10. The predicted molar refractivity (Wildman–Crippen MR) is 76.4 cm³/mol. The smallest absolute Gasteiger partial charge is 0.309 e. The van der Waals surface area contributed by atoms with Crippen LogP contribution < -0.4 is 5.32 Å². The monoisotopic (exact) mass is 361 g/mol. The molecule has 112 valence electrons. The lowest BCUT2D eigenvalue weighted by Crippen LogP contribution is -2.20. The molecular formula is C15H12BrF4N. The number of alkyl halides is 3. The maximum absolute atomic E-state index is 13.9. The quantitative estimate of drug-likeness (QED) is 0.765. The first-order valence-corrected chi connectivity index (χ1v) is 6.91. The Bertz CT molecular complexity index is 623. The lowest BCUT2D eigenvalue weighted by molar-refractivity contribution is -0.137. The van der Waals surface area contributed by atoms with Crippen LogP contribution >= 0.6 is 15.9 Å². The van der Waals surface area contributed by atoms with E-state index in [1.807, 2.05) is 0 Å². The van der Waals surface area contributed by atoms with Crippen LogP contribution in [0.3, 0.4) is 0 Å². The summed E-state index contributed by atoms with van der Waals surface area (Å²) in [5.74, 6) is -0.676. The molecule has 0 aromatic heterocycles. The van der Waals surface area contributed by atoms with Crippen LogP contribution in [-0.4, -0.2) is 7.05 Å². The first-order chi connectivity index (χ1) is 9.82. The average Bonchev–Trinajstić information content (AvgIpc) is 2.42. The van der Waals surface area contributed by atoms with Crippen molar-refractivity contribution in [3.8, 4) is 0 Å². The van der Waals surface area contributed by atoms with Gasteiger partial charge in [0.2, 0.25) is 0 Å². The van der Waals surface area contributed by atoms with E-state index >= 15 is 0 Å². The molecule has 0 aliphatic heterocycles. The van der Waals surface area contributed by atoms with Gasteiger partial charge < -0.3 is 5.32 Å². The van der Waals surface area contributed by atoms with E-state index in [0.717, 1.165) is 22.7 Å². The number of rotatable bonds is 3. The van der Waals surface area contributed by atoms with Gasteiger partial charge in [-0.05, 0) is 42.9 Å². The molecule has 0 bridgehead atoms. The van der Waals surface area contributed by atoms with Crippen molar-refractivity contribution in [3.05, 3.63) is 69.4 Å². The van der Waals surface area contributed by atoms with Gasteiger partial charge in [0.1, 0.15) is 5.82 Å². The van der Waals surface area contributed by atoms with E-state index in [0.29, 0.717) is 5.56 Å². The molecule has 0 amide bonds. The fraction of sp³-hybridized carbons (Fsp3) is 0.200. The summed E-state index contributed by atoms with van der Waals surface area (Å²) >= 11 is 3.28. The summed E-state index contributed by atoms with van der Waals surface area (Å²) < 4.78 is 53.1. The lowest BCUT2D eigenvalue weighted by Gasteiger charge is -2.19. The molecule has 0 spiro atoms. The average molecular weight is 362 g/mol. The Balaban J connectivity index is 2.49.